The van der Waals surface area contributed by atoms with E-state index in [-0.39, 0.29) is 0 Å². The van der Waals surface area contributed by atoms with Crippen LogP contribution in [-0.2, 0) is 6.54 Å². The maximum atomic E-state index is 6.15. The number of rotatable bonds is 5. The number of hydrogen-bond donors (Lipinski definition) is 1. The van der Waals surface area contributed by atoms with Crippen molar-refractivity contribution in [3.8, 4) is 11.5 Å². The van der Waals surface area contributed by atoms with Crippen LogP contribution < -0.4 is 10.1 Å². The minimum absolute atomic E-state index is 0.588. The van der Waals surface area contributed by atoms with Crippen LogP contribution in [0, 0.1) is 0 Å². The molecule has 1 aliphatic carbocycles. The smallest absolute Gasteiger partial charge is 0.147 e. The summed E-state index contributed by atoms with van der Waals surface area (Å²) in [6.45, 7) is 0.890. The van der Waals surface area contributed by atoms with E-state index in [1.807, 2.05) is 24.3 Å². The van der Waals surface area contributed by atoms with Crippen molar-refractivity contribution >= 4 is 43.5 Å². The van der Waals surface area contributed by atoms with Crippen LogP contribution in [0.4, 0.5) is 0 Å². The molecule has 0 saturated heterocycles. The van der Waals surface area contributed by atoms with Crippen LogP contribution in [0.25, 0.3) is 0 Å². The maximum Gasteiger partial charge on any atom is 0.147 e. The third-order valence-electron chi connectivity index (χ3n) is 3.28. The van der Waals surface area contributed by atoms with Gasteiger partial charge in [0.15, 0.2) is 0 Å². The summed E-state index contributed by atoms with van der Waals surface area (Å²) in [6.07, 6.45) is 2.59. The summed E-state index contributed by atoms with van der Waals surface area (Å²) in [5.41, 5.74) is 1.24. The first kappa shape index (κ1) is 15.3. The van der Waals surface area contributed by atoms with Crippen molar-refractivity contribution in [3.63, 3.8) is 0 Å². The van der Waals surface area contributed by atoms with E-state index in [0.29, 0.717) is 16.8 Å². The van der Waals surface area contributed by atoms with Crippen molar-refractivity contribution in [2.24, 2.45) is 0 Å². The van der Waals surface area contributed by atoms with Crippen LogP contribution in [-0.4, -0.2) is 6.04 Å². The Hall–Kier alpha value is -0.550. The Kier molecular flexibility index (Phi) is 4.89. The van der Waals surface area contributed by atoms with Gasteiger partial charge in [-0.05, 0) is 64.7 Å². The molecule has 2 aromatic carbocycles. The first-order valence-corrected chi connectivity index (χ1v) is 8.73. The molecule has 0 radical (unpaired) electrons. The van der Waals surface area contributed by atoms with Gasteiger partial charge in [0.1, 0.15) is 11.5 Å². The van der Waals surface area contributed by atoms with Crippen molar-refractivity contribution in [2.45, 2.75) is 25.4 Å². The van der Waals surface area contributed by atoms with Crippen molar-refractivity contribution in [3.05, 3.63) is 55.9 Å². The second-order valence-electron chi connectivity index (χ2n) is 5.10. The highest BCUT2D eigenvalue weighted by Gasteiger charge is 2.20. The molecule has 0 atom stereocenters. The first-order valence-electron chi connectivity index (χ1n) is 6.76. The second-order valence-corrected chi connectivity index (χ2v) is 7.27. The fourth-order valence-electron chi connectivity index (χ4n) is 1.96. The molecule has 1 fully saturated rings. The molecule has 1 N–H and O–H groups in total. The van der Waals surface area contributed by atoms with E-state index in [9.17, 15) is 0 Å². The molecule has 0 aromatic heterocycles. The van der Waals surface area contributed by atoms with Gasteiger partial charge in [-0.1, -0.05) is 33.6 Å². The molecular formula is C16H14Br2ClNO. The minimum Gasteiger partial charge on any atom is -0.455 e. The molecule has 0 unspecified atom stereocenters. The normalized spacial score (nSPS) is 14.2. The van der Waals surface area contributed by atoms with Gasteiger partial charge < -0.3 is 10.1 Å². The van der Waals surface area contributed by atoms with Crippen molar-refractivity contribution in [1.29, 1.82) is 0 Å². The highest BCUT2D eigenvalue weighted by Crippen LogP contribution is 2.35. The largest absolute Gasteiger partial charge is 0.455 e. The molecule has 1 aliphatic rings. The van der Waals surface area contributed by atoms with E-state index >= 15 is 0 Å². The van der Waals surface area contributed by atoms with E-state index in [1.54, 1.807) is 0 Å². The van der Waals surface area contributed by atoms with Crippen LogP contribution in [0.2, 0.25) is 5.02 Å². The molecule has 0 bridgehead atoms. The number of benzene rings is 2. The van der Waals surface area contributed by atoms with Gasteiger partial charge in [0.2, 0.25) is 0 Å². The lowest BCUT2D eigenvalue weighted by Crippen LogP contribution is -2.15. The highest BCUT2D eigenvalue weighted by atomic mass is 79.9. The lowest BCUT2D eigenvalue weighted by molar-refractivity contribution is 0.479. The quantitative estimate of drug-likeness (QED) is 0.636. The molecule has 21 heavy (non-hydrogen) atoms. The zero-order valence-corrected chi connectivity index (χ0v) is 15.1. The van der Waals surface area contributed by atoms with Gasteiger partial charge >= 0.3 is 0 Å². The monoisotopic (exact) mass is 429 g/mol. The van der Waals surface area contributed by atoms with Crippen LogP contribution >= 0.6 is 43.5 Å². The average molecular weight is 432 g/mol. The van der Waals surface area contributed by atoms with Gasteiger partial charge in [-0.15, -0.1) is 0 Å². The zero-order chi connectivity index (χ0) is 14.8. The van der Waals surface area contributed by atoms with Gasteiger partial charge in [-0.3, -0.25) is 0 Å². The summed E-state index contributed by atoms with van der Waals surface area (Å²) in [6, 6.07) is 12.4. The lowest BCUT2D eigenvalue weighted by Gasteiger charge is -2.11. The maximum absolute atomic E-state index is 6.15. The summed E-state index contributed by atoms with van der Waals surface area (Å²) >= 11 is 13.1. The van der Waals surface area contributed by atoms with Gasteiger partial charge in [-0.25, -0.2) is 0 Å². The standard InChI is InChI=1S/C16H14Br2ClNO/c17-11-2-5-14(19)16(8-11)21-15-6-1-10(7-13(15)18)9-20-12-3-4-12/h1-2,5-8,12,20H,3-4,9H2. The van der Waals surface area contributed by atoms with Crippen LogP contribution in [0.15, 0.2) is 45.3 Å². The molecule has 110 valence electrons. The molecule has 2 nitrogen and oxygen atoms in total. The van der Waals surface area contributed by atoms with E-state index in [4.69, 9.17) is 16.3 Å². The Labute approximate surface area is 146 Å². The van der Waals surface area contributed by atoms with E-state index in [1.165, 1.54) is 18.4 Å². The van der Waals surface area contributed by atoms with Crippen molar-refractivity contribution < 1.29 is 4.74 Å². The first-order chi connectivity index (χ1) is 10.1. The Balaban J connectivity index is 1.74. The molecule has 1 saturated carbocycles. The molecule has 2 aromatic rings. The number of hydrogen-bond acceptors (Lipinski definition) is 2. The summed E-state index contributed by atoms with van der Waals surface area (Å²) < 4.78 is 7.74. The summed E-state index contributed by atoms with van der Waals surface area (Å²) in [7, 11) is 0. The molecule has 5 heteroatoms. The van der Waals surface area contributed by atoms with E-state index < -0.39 is 0 Å². The number of nitrogens with one attached hydrogen (secondary N) is 1. The Morgan fingerprint density at radius 2 is 1.90 bits per heavy atom. The van der Waals surface area contributed by atoms with Gasteiger partial charge in [0.25, 0.3) is 0 Å². The topological polar surface area (TPSA) is 21.3 Å². The Bertz CT molecular complexity index is 659. The van der Waals surface area contributed by atoms with Gasteiger partial charge in [0, 0.05) is 17.1 Å². The number of ether oxygens (including phenoxy) is 1. The predicted octanol–water partition coefficient (Wildman–Crippen LogP) is 5.91. The zero-order valence-electron chi connectivity index (χ0n) is 11.2. The summed E-state index contributed by atoms with van der Waals surface area (Å²) in [5, 5.41) is 4.08. The number of halogens is 3. The van der Waals surface area contributed by atoms with Crippen LogP contribution in [0.3, 0.4) is 0 Å². The summed E-state index contributed by atoms with van der Waals surface area (Å²) in [4.78, 5) is 0. The highest BCUT2D eigenvalue weighted by molar-refractivity contribution is 9.10. The van der Waals surface area contributed by atoms with Crippen molar-refractivity contribution in [2.75, 3.05) is 0 Å². The third kappa shape index (κ3) is 4.22. The molecule has 0 amide bonds. The van der Waals surface area contributed by atoms with Crippen LogP contribution in [0.5, 0.6) is 11.5 Å². The predicted molar refractivity (Wildman–Crippen MR) is 93.2 cm³/mol. The van der Waals surface area contributed by atoms with Crippen LogP contribution in [0.1, 0.15) is 18.4 Å². The Morgan fingerprint density at radius 1 is 1.10 bits per heavy atom. The molecular weight excluding hydrogens is 417 g/mol. The SMILES string of the molecule is Clc1ccc(Br)cc1Oc1ccc(CNC2CC2)cc1Br. The third-order valence-corrected chi connectivity index (χ3v) is 4.71. The molecule has 3 rings (SSSR count). The van der Waals surface area contributed by atoms with Gasteiger partial charge in [-0.2, -0.15) is 0 Å². The molecule has 0 heterocycles. The Morgan fingerprint density at radius 3 is 2.62 bits per heavy atom. The minimum atomic E-state index is 0.588. The van der Waals surface area contributed by atoms with E-state index in [2.05, 4.69) is 49.3 Å². The summed E-state index contributed by atoms with van der Waals surface area (Å²) in [5.74, 6) is 1.39. The lowest BCUT2D eigenvalue weighted by atomic mass is 10.2. The molecule has 0 spiro atoms. The second kappa shape index (κ2) is 6.69. The van der Waals surface area contributed by atoms with Crippen molar-refractivity contribution in [1.82, 2.24) is 5.32 Å². The molecule has 0 aliphatic heterocycles. The average Bonchev–Trinajstić information content (AvgIpc) is 3.27. The fourth-order valence-corrected chi connectivity index (χ4v) is 2.96. The van der Waals surface area contributed by atoms with E-state index in [0.717, 1.165) is 21.2 Å². The fraction of sp³-hybridized carbons (Fsp3) is 0.250. The van der Waals surface area contributed by atoms with Gasteiger partial charge in [0.05, 0.1) is 9.50 Å².